The van der Waals surface area contributed by atoms with Gasteiger partial charge in [0.15, 0.2) is 5.17 Å². The number of hydrogen-bond acceptors (Lipinski definition) is 6. The van der Waals surface area contributed by atoms with Crippen LogP contribution >= 0.6 is 23.1 Å². The number of thiophene rings is 1. The Morgan fingerprint density at radius 1 is 1.15 bits per heavy atom. The summed E-state index contributed by atoms with van der Waals surface area (Å²) in [5.41, 5.74) is 3.02. The van der Waals surface area contributed by atoms with Gasteiger partial charge >= 0.3 is 0 Å². The van der Waals surface area contributed by atoms with E-state index in [2.05, 4.69) is 39.5 Å². The molecule has 0 spiro atoms. The molecule has 0 fully saturated rings. The van der Waals surface area contributed by atoms with Crippen LogP contribution in [0.1, 0.15) is 17.2 Å². The van der Waals surface area contributed by atoms with Crippen LogP contribution in [0.3, 0.4) is 0 Å². The van der Waals surface area contributed by atoms with E-state index in [1.165, 1.54) is 15.6 Å². The van der Waals surface area contributed by atoms with Gasteiger partial charge in [0.25, 0.3) is 0 Å². The van der Waals surface area contributed by atoms with Crippen LogP contribution in [0.25, 0.3) is 15.8 Å². The van der Waals surface area contributed by atoms with Gasteiger partial charge in [0.05, 0.1) is 24.3 Å². The molecule has 2 aliphatic heterocycles. The molecule has 1 N–H and O–H groups in total. The highest BCUT2D eigenvalue weighted by Gasteiger charge is 2.37. The van der Waals surface area contributed by atoms with Gasteiger partial charge < -0.3 is 14.7 Å². The maximum atomic E-state index is 11.3. The third kappa shape index (κ3) is 2.67. The van der Waals surface area contributed by atoms with Gasteiger partial charge in [0, 0.05) is 33.1 Å². The number of aliphatic hydroxyl groups excluding tert-OH is 1. The van der Waals surface area contributed by atoms with E-state index in [4.69, 9.17) is 4.74 Å². The molecule has 2 aliphatic rings. The number of amidine groups is 1. The van der Waals surface area contributed by atoms with E-state index in [0.29, 0.717) is 5.75 Å². The molecule has 0 radical (unpaired) electrons. The number of aliphatic hydroxyl groups is 1. The normalized spacial score (nSPS) is 17.4. The number of thioether (sulfide) groups is 1. The van der Waals surface area contributed by atoms with E-state index in [1.54, 1.807) is 30.2 Å². The summed E-state index contributed by atoms with van der Waals surface area (Å²) in [6, 6.07) is 16.1. The molecule has 4 nitrogen and oxygen atoms in total. The highest BCUT2D eigenvalue weighted by Crippen LogP contribution is 2.50. The minimum absolute atomic E-state index is 0.696. The number of fused-ring (bicyclic) bond motifs is 2. The van der Waals surface area contributed by atoms with E-state index in [-0.39, 0.29) is 0 Å². The topological polar surface area (TPSA) is 45.1 Å². The quantitative estimate of drug-likeness (QED) is 0.695. The summed E-state index contributed by atoms with van der Waals surface area (Å²) in [7, 11) is 1.64. The lowest BCUT2D eigenvalue weighted by Crippen LogP contribution is -2.20. The Balaban J connectivity index is 1.69. The van der Waals surface area contributed by atoms with E-state index in [0.717, 1.165) is 34.4 Å². The SMILES string of the molecule is COc1ccccc1C(O)C1=C(c2csc3ccccc23)N2CCN=C2S1. The fourth-order valence-corrected chi connectivity index (χ4v) is 5.81. The summed E-state index contributed by atoms with van der Waals surface area (Å²) >= 11 is 3.31. The maximum absolute atomic E-state index is 11.3. The number of nitrogens with zero attached hydrogens (tertiary/aromatic N) is 2. The fraction of sp³-hybridized carbons (Fsp3) is 0.190. The third-order valence-corrected chi connectivity index (χ3v) is 7.06. The molecule has 0 bridgehead atoms. The molecule has 1 aromatic heterocycles. The second kappa shape index (κ2) is 6.71. The lowest BCUT2D eigenvalue weighted by molar-refractivity contribution is 0.219. The van der Waals surface area contributed by atoms with Gasteiger partial charge in [-0.25, -0.2) is 0 Å². The van der Waals surface area contributed by atoms with Crippen LogP contribution in [0.2, 0.25) is 0 Å². The Morgan fingerprint density at radius 2 is 1.96 bits per heavy atom. The molecule has 1 atom stereocenters. The smallest absolute Gasteiger partial charge is 0.168 e. The zero-order valence-electron chi connectivity index (χ0n) is 14.8. The lowest BCUT2D eigenvalue weighted by Gasteiger charge is -2.19. The molecule has 1 unspecified atom stereocenters. The van der Waals surface area contributed by atoms with Crippen LogP contribution < -0.4 is 4.74 Å². The fourth-order valence-electron chi connectivity index (χ4n) is 3.66. The van der Waals surface area contributed by atoms with E-state index in [9.17, 15) is 5.11 Å². The monoisotopic (exact) mass is 394 g/mol. The summed E-state index contributed by atoms with van der Waals surface area (Å²) in [6.07, 6.45) is -0.756. The van der Waals surface area contributed by atoms with E-state index < -0.39 is 6.10 Å². The van der Waals surface area contributed by atoms with Gasteiger partial charge in [-0.15, -0.1) is 11.3 Å². The molecule has 0 saturated heterocycles. The van der Waals surface area contributed by atoms with Crippen LogP contribution in [0.15, 0.2) is 63.8 Å². The van der Waals surface area contributed by atoms with Gasteiger partial charge in [-0.05, 0) is 12.1 Å². The van der Waals surface area contributed by atoms with Gasteiger partial charge in [-0.1, -0.05) is 48.2 Å². The summed E-state index contributed by atoms with van der Waals surface area (Å²) in [6.45, 7) is 1.65. The van der Waals surface area contributed by atoms with Crippen molar-refractivity contribution in [2.45, 2.75) is 6.10 Å². The van der Waals surface area contributed by atoms with Crippen LogP contribution in [0.4, 0.5) is 0 Å². The molecular formula is C21H18N2O2S2. The summed E-state index contributed by atoms with van der Waals surface area (Å²) < 4.78 is 6.73. The average molecular weight is 395 g/mol. The molecule has 3 aromatic rings. The predicted molar refractivity (Wildman–Crippen MR) is 113 cm³/mol. The second-order valence-electron chi connectivity index (χ2n) is 6.42. The van der Waals surface area contributed by atoms with Crippen LogP contribution in [0, 0.1) is 0 Å². The summed E-state index contributed by atoms with van der Waals surface area (Å²) in [4.78, 5) is 7.79. The Hall–Kier alpha value is -2.28. The van der Waals surface area contributed by atoms with Crippen molar-refractivity contribution in [1.82, 2.24) is 4.90 Å². The van der Waals surface area contributed by atoms with Crippen molar-refractivity contribution in [1.29, 1.82) is 0 Å². The highest BCUT2D eigenvalue weighted by atomic mass is 32.2. The average Bonchev–Trinajstić information content (AvgIpc) is 3.41. The number of rotatable bonds is 4. The van der Waals surface area contributed by atoms with Crippen molar-refractivity contribution in [2.24, 2.45) is 4.99 Å². The van der Waals surface area contributed by atoms with Crippen molar-refractivity contribution in [3.05, 3.63) is 69.9 Å². The van der Waals surface area contributed by atoms with Crippen molar-refractivity contribution >= 4 is 44.0 Å². The minimum atomic E-state index is -0.756. The zero-order chi connectivity index (χ0) is 18.4. The molecule has 27 heavy (non-hydrogen) atoms. The van der Waals surface area contributed by atoms with Gasteiger partial charge in [0.2, 0.25) is 0 Å². The largest absolute Gasteiger partial charge is 0.496 e. The molecule has 6 heteroatoms. The molecule has 3 heterocycles. The van der Waals surface area contributed by atoms with Gasteiger partial charge in [-0.2, -0.15) is 0 Å². The molecule has 2 aromatic carbocycles. The second-order valence-corrected chi connectivity index (χ2v) is 8.34. The Morgan fingerprint density at radius 3 is 2.85 bits per heavy atom. The zero-order valence-corrected chi connectivity index (χ0v) is 16.4. The highest BCUT2D eigenvalue weighted by molar-refractivity contribution is 8.17. The lowest BCUT2D eigenvalue weighted by atomic mass is 10.0. The maximum Gasteiger partial charge on any atom is 0.168 e. The Labute approximate surface area is 165 Å². The van der Waals surface area contributed by atoms with Crippen LogP contribution in [0.5, 0.6) is 5.75 Å². The van der Waals surface area contributed by atoms with E-state index >= 15 is 0 Å². The molecule has 0 saturated carbocycles. The molecule has 136 valence electrons. The van der Waals surface area contributed by atoms with Crippen molar-refractivity contribution in [3.8, 4) is 5.75 Å². The first kappa shape index (κ1) is 16.9. The van der Waals surface area contributed by atoms with E-state index in [1.807, 2.05) is 24.3 Å². The molecule has 0 aliphatic carbocycles. The summed E-state index contributed by atoms with van der Waals surface area (Å²) in [5, 5.41) is 15.7. The first-order valence-corrected chi connectivity index (χ1v) is 10.5. The molecule has 5 rings (SSSR count). The number of para-hydroxylation sites is 1. The first-order chi connectivity index (χ1) is 13.3. The Kier molecular flexibility index (Phi) is 4.19. The number of ether oxygens (including phenoxy) is 1. The predicted octanol–water partition coefficient (Wildman–Crippen LogP) is 4.73. The molecule has 0 amide bonds. The van der Waals surface area contributed by atoms with Crippen molar-refractivity contribution < 1.29 is 9.84 Å². The first-order valence-electron chi connectivity index (χ1n) is 8.79. The number of hydrogen-bond donors (Lipinski definition) is 1. The van der Waals surface area contributed by atoms with Crippen LogP contribution in [-0.2, 0) is 0 Å². The minimum Gasteiger partial charge on any atom is -0.496 e. The third-order valence-electron chi connectivity index (χ3n) is 4.92. The van der Waals surface area contributed by atoms with Gasteiger partial charge in [-0.3, -0.25) is 4.99 Å². The number of benzene rings is 2. The number of aliphatic imine (C=N–C) groups is 1. The van der Waals surface area contributed by atoms with Crippen LogP contribution in [-0.4, -0.2) is 35.4 Å². The van der Waals surface area contributed by atoms with Crippen molar-refractivity contribution in [2.75, 3.05) is 20.2 Å². The number of methoxy groups -OCH3 is 1. The standard InChI is InChI=1S/C21H18N2O2S2/c1-25-16-8-4-2-7-14(16)19(24)20-18(23-11-10-22-21(23)27-20)15-12-26-17-9-5-3-6-13(15)17/h2-9,12,19,24H,10-11H2,1H3. The van der Waals surface area contributed by atoms with Gasteiger partial charge in [0.1, 0.15) is 11.9 Å². The summed E-state index contributed by atoms with van der Waals surface area (Å²) in [5.74, 6) is 0.696. The van der Waals surface area contributed by atoms with Crippen molar-refractivity contribution in [3.63, 3.8) is 0 Å². The molecular weight excluding hydrogens is 376 g/mol. The Bertz CT molecular complexity index is 1090.